The molecule has 220 valence electrons. The third-order valence-electron chi connectivity index (χ3n) is 6.01. The first-order valence-corrected chi connectivity index (χ1v) is 12.5. The average molecular weight is 595 g/mol. The van der Waals surface area contributed by atoms with Crippen molar-refractivity contribution in [3.8, 4) is 17.1 Å². The number of para-hydroxylation sites is 2. The largest absolute Gasteiger partial charge is 0.573 e. The lowest BCUT2D eigenvalue weighted by Gasteiger charge is -2.14. The minimum absolute atomic E-state index is 0.0299. The molecule has 5 rings (SSSR count). The highest BCUT2D eigenvalue weighted by Crippen LogP contribution is 2.30. The van der Waals surface area contributed by atoms with Crippen LogP contribution in [0.3, 0.4) is 0 Å². The Morgan fingerprint density at radius 3 is 2.47 bits per heavy atom. The lowest BCUT2D eigenvalue weighted by molar-refractivity contribution is -0.274. The number of carbonyl (C=O) groups is 3. The summed E-state index contributed by atoms with van der Waals surface area (Å²) in [6, 6.07) is 12.4. The Bertz CT molecular complexity index is 1770. The maximum absolute atomic E-state index is 13.0. The van der Waals surface area contributed by atoms with Crippen molar-refractivity contribution in [2.75, 3.05) is 10.6 Å². The first-order chi connectivity index (χ1) is 20.6. The quantitative estimate of drug-likeness (QED) is 0.170. The number of aromatic nitrogens is 5. The van der Waals surface area contributed by atoms with Crippen LogP contribution in [0.1, 0.15) is 16.1 Å². The Morgan fingerprint density at radius 1 is 1.00 bits per heavy atom. The summed E-state index contributed by atoms with van der Waals surface area (Å²) in [6.07, 6.45) is -0.392. The van der Waals surface area contributed by atoms with Gasteiger partial charge in [-0.15, -0.1) is 23.4 Å². The van der Waals surface area contributed by atoms with Gasteiger partial charge in [-0.3, -0.25) is 9.20 Å². The van der Waals surface area contributed by atoms with E-state index in [0.717, 1.165) is 6.07 Å². The number of nitrogens with zero attached hydrogens (tertiary/aromatic N) is 4. The number of benzene rings is 2. The number of ether oxygens (including phenoxy) is 1. The van der Waals surface area contributed by atoms with Crippen LogP contribution in [0.25, 0.3) is 17.0 Å². The minimum atomic E-state index is -4.93. The number of pyridine rings is 1. The normalized spacial score (nSPS) is 12.0. The molecule has 3 aromatic heterocycles. The molecule has 43 heavy (non-hydrogen) atoms. The highest BCUT2D eigenvalue weighted by Gasteiger charge is 2.32. The highest BCUT2D eigenvalue weighted by atomic mass is 19.4. The number of hydrogen-bond donors (Lipinski definition) is 5. The number of H-pyrrole nitrogens is 1. The van der Waals surface area contributed by atoms with Crippen molar-refractivity contribution < 1.29 is 37.4 Å². The first-order valence-electron chi connectivity index (χ1n) is 12.5. The Balaban J connectivity index is 1.29. The van der Waals surface area contributed by atoms with Gasteiger partial charge in [-0.2, -0.15) is 0 Å². The lowest BCUT2D eigenvalue weighted by atomic mass is 10.1. The van der Waals surface area contributed by atoms with Crippen molar-refractivity contribution in [1.82, 2.24) is 29.9 Å². The zero-order valence-corrected chi connectivity index (χ0v) is 21.8. The number of fused-ring (bicyclic) bond motifs is 1. The Labute approximate surface area is 239 Å². The molecule has 0 aliphatic heterocycles. The molecule has 0 unspecified atom stereocenters. The van der Waals surface area contributed by atoms with Crippen LogP contribution in [-0.2, 0) is 11.2 Å². The van der Waals surface area contributed by atoms with Gasteiger partial charge in [0, 0.05) is 30.1 Å². The van der Waals surface area contributed by atoms with Gasteiger partial charge in [0.1, 0.15) is 6.04 Å². The number of halogens is 3. The molecule has 16 heteroatoms. The number of aromatic amines is 1. The molecular weight excluding hydrogens is 573 g/mol. The molecule has 5 N–H and O–H groups in total. The van der Waals surface area contributed by atoms with Crippen molar-refractivity contribution in [1.29, 1.82) is 0 Å². The molecule has 2 aromatic carbocycles. The molecule has 0 aliphatic carbocycles. The predicted octanol–water partition coefficient (Wildman–Crippen LogP) is 4.09. The number of aliphatic carboxylic acids is 1. The summed E-state index contributed by atoms with van der Waals surface area (Å²) in [7, 11) is 0. The van der Waals surface area contributed by atoms with Crippen LogP contribution in [0, 0.1) is 0 Å². The number of imidazole rings is 1. The van der Waals surface area contributed by atoms with Gasteiger partial charge in [-0.1, -0.05) is 12.1 Å². The predicted molar refractivity (Wildman–Crippen MR) is 145 cm³/mol. The molecule has 0 saturated heterocycles. The van der Waals surface area contributed by atoms with Gasteiger partial charge in [0.2, 0.25) is 0 Å². The Morgan fingerprint density at radius 2 is 1.77 bits per heavy atom. The van der Waals surface area contributed by atoms with Crippen LogP contribution >= 0.6 is 0 Å². The third-order valence-corrected chi connectivity index (χ3v) is 6.01. The van der Waals surface area contributed by atoms with Gasteiger partial charge in [-0.05, 0) is 48.5 Å². The first kappa shape index (κ1) is 28.6. The van der Waals surface area contributed by atoms with E-state index in [4.69, 9.17) is 0 Å². The van der Waals surface area contributed by atoms with E-state index in [2.05, 4.69) is 40.9 Å². The highest BCUT2D eigenvalue weighted by molar-refractivity contribution is 6.02. The van der Waals surface area contributed by atoms with E-state index in [1.165, 1.54) is 48.9 Å². The van der Waals surface area contributed by atoms with Gasteiger partial charge in [-0.25, -0.2) is 14.6 Å². The number of carboxylic acid groups (broad SMARTS) is 1. The van der Waals surface area contributed by atoms with Crippen LogP contribution in [0.2, 0.25) is 0 Å². The number of carbonyl (C=O) groups excluding carboxylic acids is 2. The SMILES string of the molecule is O=C(Nc1ccc(-c2nnc3c(C(=O)N[C@@H](Cc4c[nH]cn4)C(=O)O)cccn23)cc1)Nc1ccccc1OC(F)(F)F. The summed E-state index contributed by atoms with van der Waals surface area (Å²) in [5.74, 6) is -2.11. The zero-order chi connectivity index (χ0) is 30.6. The second kappa shape index (κ2) is 11.9. The fourth-order valence-electron chi connectivity index (χ4n) is 4.11. The number of rotatable bonds is 9. The molecule has 3 heterocycles. The fourth-order valence-corrected chi connectivity index (χ4v) is 4.11. The Hall–Kier alpha value is -5.93. The summed E-state index contributed by atoms with van der Waals surface area (Å²) in [4.78, 5) is 43.9. The van der Waals surface area contributed by atoms with Crippen molar-refractivity contribution in [2.24, 2.45) is 0 Å². The van der Waals surface area contributed by atoms with Gasteiger partial charge in [0.25, 0.3) is 5.91 Å². The summed E-state index contributed by atoms with van der Waals surface area (Å²) in [5.41, 5.74) is 1.44. The van der Waals surface area contributed by atoms with E-state index in [1.807, 2.05) is 0 Å². The number of anilines is 2. The smallest absolute Gasteiger partial charge is 0.480 e. The summed E-state index contributed by atoms with van der Waals surface area (Å²) < 4.78 is 43.4. The standard InChI is InChI=1S/C27H21F3N8O5/c28-27(29,30)43-21-6-2-1-5-19(21)35-26(42)33-16-9-7-15(8-10-16)22-36-37-23-18(4-3-11-38(22)23)24(39)34-20(25(40)41)12-17-13-31-14-32-17/h1-11,13-14,20H,12H2,(H,31,32)(H,34,39)(H,40,41)(H2,33,35,42)/t20-/m0/s1. The van der Waals surface area contributed by atoms with Gasteiger partial charge in [0.05, 0.1) is 23.3 Å². The number of amides is 3. The second-order valence-electron chi connectivity index (χ2n) is 8.97. The van der Waals surface area contributed by atoms with E-state index in [1.54, 1.807) is 28.8 Å². The van der Waals surface area contributed by atoms with E-state index in [9.17, 15) is 32.7 Å². The molecule has 13 nitrogen and oxygen atoms in total. The maximum atomic E-state index is 13.0. The van der Waals surface area contributed by atoms with Crippen molar-refractivity contribution in [3.05, 3.63) is 90.6 Å². The number of hydrogen-bond acceptors (Lipinski definition) is 7. The average Bonchev–Trinajstić information content (AvgIpc) is 3.63. The summed E-state index contributed by atoms with van der Waals surface area (Å²) in [6.45, 7) is 0. The number of urea groups is 1. The van der Waals surface area contributed by atoms with Gasteiger partial charge in [0.15, 0.2) is 17.2 Å². The van der Waals surface area contributed by atoms with Crippen molar-refractivity contribution in [2.45, 2.75) is 18.8 Å². The van der Waals surface area contributed by atoms with Crippen LogP contribution in [0.5, 0.6) is 5.75 Å². The topological polar surface area (TPSA) is 176 Å². The molecule has 0 fully saturated rings. The number of carboxylic acids is 1. The molecule has 1 atom stereocenters. The second-order valence-corrected chi connectivity index (χ2v) is 8.97. The molecule has 0 saturated carbocycles. The molecule has 0 bridgehead atoms. The van der Waals surface area contributed by atoms with E-state index < -0.39 is 36.1 Å². The minimum Gasteiger partial charge on any atom is -0.480 e. The van der Waals surface area contributed by atoms with E-state index >= 15 is 0 Å². The number of alkyl halides is 3. The van der Waals surface area contributed by atoms with Crippen LogP contribution in [-0.4, -0.2) is 60.0 Å². The molecule has 3 amide bonds. The van der Waals surface area contributed by atoms with Gasteiger partial charge >= 0.3 is 18.4 Å². The zero-order valence-electron chi connectivity index (χ0n) is 21.8. The third kappa shape index (κ3) is 6.87. The summed E-state index contributed by atoms with van der Waals surface area (Å²) in [5, 5.41) is 25.2. The van der Waals surface area contributed by atoms with Crippen molar-refractivity contribution >= 4 is 34.9 Å². The van der Waals surface area contributed by atoms with E-state index in [-0.39, 0.29) is 23.3 Å². The fraction of sp³-hybridized carbons (Fsp3) is 0.111. The monoisotopic (exact) mass is 594 g/mol. The van der Waals surface area contributed by atoms with Crippen LogP contribution < -0.4 is 20.7 Å². The van der Waals surface area contributed by atoms with Crippen LogP contribution in [0.4, 0.5) is 29.3 Å². The molecule has 0 spiro atoms. The molecule has 5 aromatic rings. The molecular formula is C27H21F3N8O5. The van der Waals surface area contributed by atoms with Gasteiger partial charge < -0.3 is 30.8 Å². The van der Waals surface area contributed by atoms with Crippen molar-refractivity contribution in [3.63, 3.8) is 0 Å². The maximum Gasteiger partial charge on any atom is 0.573 e. The Kier molecular flexibility index (Phi) is 7.91. The number of nitrogens with one attached hydrogen (secondary N) is 4. The lowest BCUT2D eigenvalue weighted by Crippen LogP contribution is -2.42. The van der Waals surface area contributed by atoms with E-state index in [0.29, 0.717) is 22.8 Å². The molecule has 0 aliphatic rings. The van der Waals surface area contributed by atoms with Crippen LogP contribution in [0.15, 0.2) is 79.4 Å². The molecule has 0 radical (unpaired) electrons. The summed E-state index contributed by atoms with van der Waals surface area (Å²) >= 11 is 0.